The fraction of sp³-hybridized carbons (Fsp3) is 0.133. The average Bonchev–Trinajstić information content (AvgIpc) is 2.39. The van der Waals surface area contributed by atoms with Crippen LogP contribution in [0.15, 0.2) is 63.3 Å². The van der Waals surface area contributed by atoms with Gasteiger partial charge in [-0.3, -0.25) is 0 Å². The Morgan fingerprint density at radius 2 is 1.84 bits per heavy atom. The summed E-state index contributed by atoms with van der Waals surface area (Å²) in [5, 5.41) is 0.871. The van der Waals surface area contributed by atoms with E-state index in [0.29, 0.717) is 18.7 Å². The van der Waals surface area contributed by atoms with Crippen molar-refractivity contribution in [3.8, 4) is 0 Å². The second kappa shape index (κ2) is 5.89. The monoisotopic (exact) mass is 319 g/mol. The molecular weight excluding hydrogens is 306 g/mol. The molecule has 0 unspecified atom stereocenters. The third-order valence-corrected chi connectivity index (χ3v) is 3.59. The second-order valence-electron chi connectivity index (χ2n) is 4.05. The number of benzene rings is 1. The molecule has 2 rings (SSSR count). The molecule has 0 atom stereocenters. The number of hydrogen-bond acceptors (Lipinski definition) is 3. The van der Waals surface area contributed by atoms with Crippen molar-refractivity contribution in [2.45, 2.75) is 0 Å². The van der Waals surface area contributed by atoms with Crippen LogP contribution < -0.4 is 10.5 Å². The highest BCUT2D eigenvalue weighted by Crippen LogP contribution is 2.33. The number of fused-ring (bicyclic) bond motifs is 1. The Bertz CT molecular complexity index is 665. The van der Waals surface area contributed by atoms with Gasteiger partial charge >= 0.3 is 5.63 Å². The van der Waals surface area contributed by atoms with Crippen molar-refractivity contribution in [1.82, 2.24) is 0 Å². The number of rotatable bonds is 5. The molecule has 19 heavy (non-hydrogen) atoms. The van der Waals surface area contributed by atoms with E-state index >= 15 is 0 Å². The van der Waals surface area contributed by atoms with Crippen LogP contribution in [0.3, 0.4) is 0 Å². The summed E-state index contributed by atoms with van der Waals surface area (Å²) in [6.45, 7) is 8.95. The predicted octanol–water partition coefficient (Wildman–Crippen LogP) is 3.73. The van der Waals surface area contributed by atoms with Crippen LogP contribution in [0.25, 0.3) is 11.0 Å². The summed E-state index contributed by atoms with van der Waals surface area (Å²) in [6, 6.07) is 6.90. The highest BCUT2D eigenvalue weighted by atomic mass is 79.9. The molecule has 1 aromatic carbocycles. The molecule has 4 heteroatoms. The van der Waals surface area contributed by atoms with Crippen LogP contribution in [-0.2, 0) is 0 Å². The number of anilines is 1. The van der Waals surface area contributed by atoms with Gasteiger partial charge in [-0.2, -0.15) is 0 Å². The molecule has 0 aliphatic carbocycles. The molecule has 0 radical (unpaired) electrons. The molecule has 1 aromatic heterocycles. The zero-order valence-electron chi connectivity index (χ0n) is 10.4. The molecular formula is C15H14BrNO2. The zero-order valence-corrected chi connectivity index (χ0v) is 12.0. The van der Waals surface area contributed by atoms with E-state index < -0.39 is 0 Å². The lowest BCUT2D eigenvalue weighted by Gasteiger charge is -2.23. The van der Waals surface area contributed by atoms with E-state index in [-0.39, 0.29) is 5.63 Å². The summed E-state index contributed by atoms with van der Waals surface area (Å²) >= 11 is 3.57. The fourth-order valence-electron chi connectivity index (χ4n) is 1.93. The molecule has 0 N–H and O–H groups in total. The van der Waals surface area contributed by atoms with Gasteiger partial charge in [-0.25, -0.2) is 4.79 Å². The number of halogens is 1. The first-order valence-electron chi connectivity index (χ1n) is 5.86. The van der Waals surface area contributed by atoms with Crippen LogP contribution in [0.5, 0.6) is 0 Å². The lowest BCUT2D eigenvalue weighted by atomic mass is 10.2. The first kappa shape index (κ1) is 13.6. The number of nitrogens with zero attached hydrogens (tertiary/aromatic N) is 1. The summed E-state index contributed by atoms with van der Waals surface area (Å²) < 4.78 is 6.05. The Hall–Kier alpha value is -1.81. The molecule has 3 nitrogen and oxygen atoms in total. The van der Waals surface area contributed by atoms with Crippen molar-refractivity contribution >= 4 is 32.6 Å². The predicted molar refractivity (Wildman–Crippen MR) is 82.8 cm³/mol. The lowest BCUT2D eigenvalue weighted by Crippen LogP contribution is -2.23. The van der Waals surface area contributed by atoms with Crippen LogP contribution in [0, 0.1) is 0 Å². The zero-order chi connectivity index (χ0) is 13.8. The smallest absolute Gasteiger partial charge is 0.336 e. The highest BCUT2D eigenvalue weighted by Gasteiger charge is 2.11. The van der Waals surface area contributed by atoms with Gasteiger partial charge in [0.05, 0.1) is 10.2 Å². The van der Waals surface area contributed by atoms with Crippen molar-refractivity contribution in [2.24, 2.45) is 0 Å². The van der Waals surface area contributed by atoms with Crippen molar-refractivity contribution in [3.05, 3.63) is 64.5 Å². The van der Waals surface area contributed by atoms with E-state index in [9.17, 15) is 4.79 Å². The van der Waals surface area contributed by atoms with E-state index in [1.807, 2.05) is 18.2 Å². The maximum Gasteiger partial charge on any atom is 0.336 e. The van der Waals surface area contributed by atoms with E-state index in [2.05, 4.69) is 34.0 Å². The van der Waals surface area contributed by atoms with Gasteiger partial charge in [-0.05, 0) is 34.1 Å². The minimum Gasteiger partial charge on any atom is -0.423 e. The van der Waals surface area contributed by atoms with Crippen molar-refractivity contribution in [2.75, 3.05) is 18.0 Å². The van der Waals surface area contributed by atoms with Crippen LogP contribution in [0.1, 0.15) is 0 Å². The fourth-order valence-corrected chi connectivity index (χ4v) is 2.64. The summed E-state index contributed by atoms with van der Waals surface area (Å²) in [5.74, 6) is 0. The van der Waals surface area contributed by atoms with Gasteiger partial charge in [0.15, 0.2) is 0 Å². The molecule has 1 heterocycles. The average molecular weight is 320 g/mol. The van der Waals surface area contributed by atoms with Gasteiger partial charge in [-0.15, -0.1) is 13.2 Å². The summed E-state index contributed by atoms with van der Waals surface area (Å²) in [7, 11) is 0. The Morgan fingerprint density at radius 3 is 2.47 bits per heavy atom. The SMILES string of the molecule is C=CCN(CC=C)c1ccc2oc(=O)ccc2c1Br. The van der Waals surface area contributed by atoms with Crippen molar-refractivity contribution < 1.29 is 4.42 Å². The van der Waals surface area contributed by atoms with Crippen LogP contribution in [-0.4, -0.2) is 13.1 Å². The third kappa shape index (κ3) is 2.79. The van der Waals surface area contributed by atoms with Gasteiger partial charge in [0.1, 0.15) is 5.58 Å². The highest BCUT2D eigenvalue weighted by molar-refractivity contribution is 9.10. The standard InChI is InChI=1S/C15H14BrNO2/c1-3-9-17(10-4-2)12-6-7-13-11(15(12)16)5-8-14(18)19-13/h3-8H,1-2,9-10H2. The third-order valence-electron chi connectivity index (χ3n) is 2.76. The molecule has 0 fully saturated rings. The summed E-state index contributed by atoms with van der Waals surface area (Å²) in [6.07, 6.45) is 3.68. The Morgan fingerprint density at radius 1 is 1.16 bits per heavy atom. The van der Waals surface area contributed by atoms with E-state index in [4.69, 9.17) is 4.42 Å². The summed E-state index contributed by atoms with van der Waals surface area (Å²) in [5.41, 5.74) is 1.24. The molecule has 2 aromatic rings. The van der Waals surface area contributed by atoms with E-state index in [1.54, 1.807) is 12.1 Å². The van der Waals surface area contributed by atoms with Crippen LogP contribution in [0.2, 0.25) is 0 Å². The molecule has 0 saturated carbocycles. The minimum absolute atomic E-state index is 0.346. The van der Waals surface area contributed by atoms with Gasteiger partial charge in [0.25, 0.3) is 0 Å². The van der Waals surface area contributed by atoms with Crippen molar-refractivity contribution in [1.29, 1.82) is 0 Å². The molecule has 0 spiro atoms. The summed E-state index contributed by atoms with van der Waals surface area (Å²) in [4.78, 5) is 13.3. The first-order chi connectivity index (χ1) is 9.17. The number of hydrogen-bond donors (Lipinski definition) is 0. The van der Waals surface area contributed by atoms with E-state index in [0.717, 1.165) is 15.5 Å². The molecule has 0 bridgehead atoms. The van der Waals surface area contributed by atoms with Crippen molar-refractivity contribution in [3.63, 3.8) is 0 Å². The molecule has 98 valence electrons. The minimum atomic E-state index is -0.346. The van der Waals surface area contributed by atoms with E-state index in [1.165, 1.54) is 6.07 Å². The molecule has 0 saturated heterocycles. The largest absolute Gasteiger partial charge is 0.423 e. The normalized spacial score (nSPS) is 10.4. The molecule has 0 aliphatic heterocycles. The topological polar surface area (TPSA) is 33.5 Å². The molecule has 0 aliphatic rings. The first-order valence-corrected chi connectivity index (χ1v) is 6.65. The Kier molecular flexibility index (Phi) is 4.22. The molecule has 0 amide bonds. The van der Waals surface area contributed by atoms with Crippen LogP contribution in [0.4, 0.5) is 5.69 Å². The van der Waals surface area contributed by atoms with Gasteiger partial charge in [-0.1, -0.05) is 12.2 Å². The van der Waals surface area contributed by atoms with Gasteiger partial charge in [0, 0.05) is 24.5 Å². The Labute approximate surface area is 120 Å². The van der Waals surface area contributed by atoms with Crippen LogP contribution >= 0.6 is 15.9 Å². The maximum absolute atomic E-state index is 11.2. The lowest BCUT2D eigenvalue weighted by molar-refractivity contribution is 0.561. The quantitative estimate of drug-likeness (QED) is 0.622. The van der Waals surface area contributed by atoms with Gasteiger partial charge in [0.2, 0.25) is 0 Å². The van der Waals surface area contributed by atoms with Gasteiger partial charge < -0.3 is 9.32 Å². The maximum atomic E-state index is 11.2. The Balaban J connectivity index is 2.57. The second-order valence-corrected chi connectivity index (χ2v) is 4.84.